The largest absolute Gasteiger partial charge is 0.344 e. The molecule has 2 N–H and O–H groups in total. The highest BCUT2D eigenvalue weighted by molar-refractivity contribution is 7.88. The van der Waals surface area contributed by atoms with E-state index in [1.807, 2.05) is 44.2 Å². The van der Waals surface area contributed by atoms with Crippen LogP contribution in [0.15, 0.2) is 30.3 Å². The van der Waals surface area contributed by atoms with Crippen LogP contribution in [0.1, 0.15) is 32.3 Å². The standard InChI is InChI=1S/C20H31N3O4S/c1-15(2)19(22-18(24)12-16-8-5-4-6-9-16)20(25)23-11-7-10-17(14-23)13-21-28(3,26)27/h4-6,8-9,15,17,19,21H,7,10-14H2,1-3H3,(H,22,24). The van der Waals surface area contributed by atoms with E-state index in [4.69, 9.17) is 0 Å². The van der Waals surface area contributed by atoms with Crippen LogP contribution in [0.2, 0.25) is 0 Å². The van der Waals surface area contributed by atoms with Gasteiger partial charge in [0.25, 0.3) is 0 Å². The number of sulfonamides is 1. The van der Waals surface area contributed by atoms with Crippen molar-refractivity contribution in [3.05, 3.63) is 35.9 Å². The first-order valence-corrected chi connectivity index (χ1v) is 11.6. The van der Waals surface area contributed by atoms with Crippen molar-refractivity contribution in [2.24, 2.45) is 11.8 Å². The van der Waals surface area contributed by atoms with E-state index >= 15 is 0 Å². The van der Waals surface area contributed by atoms with Gasteiger partial charge in [-0.15, -0.1) is 0 Å². The van der Waals surface area contributed by atoms with Gasteiger partial charge in [0.05, 0.1) is 12.7 Å². The quantitative estimate of drug-likeness (QED) is 0.673. The van der Waals surface area contributed by atoms with Gasteiger partial charge >= 0.3 is 0 Å². The molecule has 0 spiro atoms. The van der Waals surface area contributed by atoms with Crippen molar-refractivity contribution in [1.29, 1.82) is 0 Å². The maximum Gasteiger partial charge on any atom is 0.245 e. The van der Waals surface area contributed by atoms with E-state index in [9.17, 15) is 18.0 Å². The second kappa shape index (κ2) is 10.0. The van der Waals surface area contributed by atoms with E-state index in [0.717, 1.165) is 24.7 Å². The van der Waals surface area contributed by atoms with E-state index in [1.165, 1.54) is 0 Å². The molecule has 1 aromatic carbocycles. The summed E-state index contributed by atoms with van der Waals surface area (Å²) in [7, 11) is -3.25. The Morgan fingerprint density at radius 1 is 1.21 bits per heavy atom. The molecule has 0 bridgehead atoms. The number of carbonyl (C=O) groups is 2. The van der Waals surface area contributed by atoms with E-state index in [0.29, 0.717) is 19.6 Å². The fraction of sp³-hybridized carbons (Fsp3) is 0.600. The normalized spacial score (nSPS) is 18.7. The number of amides is 2. The van der Waals surface area contributed by atoms with Gasteiger partial charge in [-0.3, -0.25) is 9.59 Å². The third-order valence-corrected chi connectivity index (χ3v) is 5.61. The molecule has 8 heteroatoms. The lowest BCUT2D eigenvalue weighted by Gasteiger charge is -2.36. The molecule has 1 aliphatic heterocycles. The fourth-order valence-electron chi connectivity index (χ4n) is 3.42. The van der Waals surface area contributed by atoms with Crippen molar-refractivity contribution >= 4 is 21.8 Å². The summed E-state index contributed by atoms with van der Waals surface area (Å²) in [4.78, 5) is 27.2. The second-order valence-electron chi connectivity index (χ2n) is 7.86. The summed E-state index contributed by atoms with van der Waals surface area (Å²) < 4.78 is 25.2. The minimum absolute atomic E-state index is 0.0401. The second-order valence-corrected chi connectivity index (χ2v) is 9.70. The smallest absolute Gasteiger partial charge is 0.245 e. The predicted octanol–water partition coefficient (Wildman–Crippen LogP) is 1.16. The van der Waals surface area contributed by atoms with Gasteiger partial charge in [-0.1, -0.05) is 44.2 Å². The Hall–Kier alpha value is -1.93. The number of nitrogens with zero attached hydrogens (tertiary/aromatic N) is 1. The van der Waals surface area contributed by atoms with Crippen molar-refractivity contribution in [3.63, 3.8) is 0 Å². The summed E-state index contributed by atoms with van der Waals surface area (Å²) in [6, 6.07) is 8.84. The van der Waals surface area contributed by atoms with E-state index in [-0.39, 0.29) is 30.1 Å². The molecule has 0 radical (unpaired) electrons. The summed E-state index contributed by atoms with van der Waals surface area (Å²) in [5, 5.41) is 2.89. The first-order chi connectivity index (χ1) is 13.2. The summed E-state index contributed by atoms with van der Waals surface area (Å²) in [5.74, 6) is -0.229. The van der Waals surface area contributed by atoms with Crippen LogP contribution >= 0.6 is 0 Å². The maximum atomic E-state index is 13.0. The number of benzene rings is 1. The van der Waals surface area contributed by atoms with Gasteiger partial charge in [-0.2, -0.15) is 0 Å². The molecule has 2 atom stereocenters. The number of carbonyl (C=O) groups excluding carboxylic acids is 2. The molecule has 0 aromatic heterocycles. The van der Waals surface area contributed by atoms with Crippen LogP contribution in [-0.2, 0) is 26.0 Å². The molecular weight excluding hydrogens is 378 g/mol. The Labute approximate surface area is 167 Å². The zero-order chi connectivity index (χ0) is 20.7. The van der Waals surface area contributed by atoms with Crippen molar-refractivity contribution < 1.29 is 18.0 Å². The van der Waals surface area contributed by atoms with Crippen molar-refractivity contribution in [3.8, 4) is 0 Å². The van der Waals surface area contributed by atoms with Gasteiger partial charge in [0.15, 0.2) is 0 Å². The molecule has 0 saturated carbocycles. The van der Waals surface area contributed by atoms with E-state index in [1.54, 1.807) is 4.90 Å². The van der Waals surface area contributed by atoms with Crippen LogP contribution in [0.25, 0.3) is 0 Å². The third kappa shape index (κ3) is 7.24. The van der Waals surface area contributed by atoms with Gasteiger partial charge in [0.2, 0.25) is 21.8 Å². The molecule has 156 valence electrons. The lowest BCUT2D eigenvalue weighted by Crippen LogP contribution is -2.54. The molecule has 1 aromatic rings. The number of hydrogen-bond donors (Lipinski definition) is 2. The molecule has 2 amide bonds. The molecule has 2 rings (SSSR count). The lowest BCUT2D eigenvalue weighted by atomic mass is 9.95. The van der Waals surface area contributed by atoms with Crippen LogP contribution in [0.4, 0.5) is 0 Å². The van der Waals surface area contributed by atoms with Crippen molar-refractivity contribution in [2.45, 2.75) is 39.2 Å². The predicted molar refractivity (Wildman–Crippen MR) is 109 cm³/mol. The van der Waals surface area contributed by atoms with Crippen LogP contribution in [0, 0.1) is 11.8 Å². The molecule has 1 aliphatic rings. The SMILES string of the molecule is CC(C)C(NC(=O)Cc1ccccc1)C(=O)N1CCCC(CNS(C)(=O)=O)C1. The monoisotopic (exact) mass is 409 g/mol. The van der Waals surface area contributed by atoms with Crippen LogP contribution < -0.4 is 10.0 Å². The zero-order valence-electron chi connectivity index (χ0n) is 16.8. The van der Waals surface area contributed by atoms with E-state index in [2.05, 4.69) is 10.0 Å². The number of nitrogens with one attached hydrogen (secondary N) is 2. The van der Waals surface area contributed by atoms with Gasteiger partial charge in [-0.05, 0) is 30.2 Å². The van der Waals surface area contributed by atoms with Crippen LogP contribution in [0.3, 0.4) is 0 Å². The van der Waals surface area contributed by atoms with Gasteiger partial charge in [0, 0.05) is 19.6 Å². The maximum absolute atomic E-state index is 13.0. The summed E-state index contributed by atoms with van der Waals surface area (Å²) in [5.41, 5.74) is 0.903. The fourth-order valence-corrected chi connectivity index (χ4v) is 3.96. The van der Waals surface area contributed by atoms with Gasteiger partial charge in [-0.25, -0.2) is 13.1 Å². The van der Waals surface area contributed by atoms with Gasteiger partial charge < -0.3 is 10.2 Å². The number of likely N-dealkylation sites (tertiary alicyclic amines) is 1. The average molecular weight is 410 g/mol. The van der Waals surface area contributed by atoms with Gasteiger partial charge in [0.1, 0.15) is 6.04 Å². The molecule has 1 saturated heterocycles. The Bertz CT molecular complexity index is 765. The molecular formula is C20H31N3O4S. The molecule has 7 nitrogen and oxygen atoms in total. The summed E-state index contributed by atoms with van der Waals surface area (Å²) >= 11 is 0. The lowest BCUT2D eigenvalue weighted by molar-refractivity contribution is -0.139. The molecule has 1 heterocycles. The molecule has 28 heavy (non-hydrogen) atoms. The average Bonchev–Trinajstić information content (AvgIpc) is 2.64. The first kappa shape index (κ1) is 22.4. The number of piperidine rings is 1. The molecule has 2 unspecified atom stereocenters. The minimum Gasteiger partial charge on any atom is -0.344 e. The zero-order valence-corrected chi connectivity index (χ0v) is 17.7. The Morgan fingerprint density at radius 3 is 2.50 bits per heavy atom. The third-order valence-electron chi connectivity index (χ3n) is 4.92. The molecule has 1 fully saturated rings. The van der Waals surface area contributed by atoms with E-state index < -0.39 is 16.1 Å². The first-order valence-electron chi connectivity index (χ1n) is 9.72. The highest BCUT2D eigenvalue weighted by atomic mass is 32.2. The Kier molecular flexibility index (Phi) is 8.00. The number of rotatable bonds is 8. The minimum atomic E-state index is -3.25. The Morgan fingerprint density at radius 2 is 1.89 bits per heavy atom. The molecule has 0 aliphatic carbocycles. The number of hydrogen-bond acceptors (Lipinski definition) is 4. The van der Waals surface area contributed by atoms with Crippen LogP contribution in [-0.4, -0.2) is 57.1 Å². The summed E-state index contributed by atoms with van der Waals surface area (Å²) in [6.07, 6.45) is 3.07. The van der Waals surface area contributed by atoms with Crippen molar-refractivity contribution in [2.75, 3.05) is 25.9 Å². The summed E-state index contributed by atoms with van der Waals surface area (Å²) in [6.45, 7) is 5.29. The van der Waals surface area contributed by atoms with Crippen LogP contribution in [0.5, 0.6) is 0 Å². The highest BCUT2D eigenvalue weighted by Gasteiger charge is 2.31. The van der Waals surface area contributed by atoms with Crippen molar-refractivity contribution in [1.82, 2.24) is 14.9 Å². The highest BCUT2D eigenvalue weighted by Crippen LogP contribution is 2.18. The topological polar surface area (TPSA) is 95.6 Å². The Balaban J connectivity index is 1.96.